The van der Waals surface area contributed by atoms with E-state index in [1.807, 2.05) is 14.1 Å². The molecule has 3 N–H and O–H groups in total. The van der Waals surface area contributed by atoms with E-state index in [1.165, 1.54) is 0 Å². The van der Waals surface area contributed by atoms with E-state index in [1.54, 1.807) is 18.2 Å². The van der Waals surface area contributed by atoms with Crippen LogP contribution in [0.1, 0.15) is 12.1 Å². The van der Waals surface area contributed by atoms with E-state index in [0.29, 0.717) is 18.2 Å². The highest BCUT2D eigenvalue weighted by molar-refractivity contribution is 5.93. The molecule has 5 heteroatoms. The molecule has 0 radical (unpaired) electrons. The topological polar surface area (TPSA) is 75.2 Å². The molecule has 88 valence electrons. The third-order valence-electron chi connectivity index (χ3n) is 2.00. The summed E-state index contributed by atoms with van der Waals surface area (Å²) in [5.41, 5.74) is 5.78. The number of ether oxygens (including phenoxy) is 1. The van der Waals surface area contributed by atoms with E-state index in [4.69, 9.17) is 15.9 Å². The summed E-state index contributed by atoms with van der Waals surface area (Å²) < 4.78 is 5.46. The Labute approximate surface area is 95.7 Å². The first kappa shape index (κ1) is 12.4. The van der Waals surface area contributed by atoms with Gasteiger partial charge in [-0.25, -0.2) is 4.98 Å². The van der Waals surface area contributed by atoms with Gasteiger partial charge in [-0.15, -0.1) is 0 Å². The van der Waals surface area contributed by atoms with Crippen LogP contribution >= 0.6 is 0 Å². The fourth-order valence-corrected chi connectivity index (χ4v) is 1.20. The van der Waals surface area contributed by atoms with Crippen molar-refractivity contribution >= 4 is 5.84 Å². The van der Waals surface area contributed by atoms with Gasteiger partial charge in [-0.05, 0) is 26.6 Å². The van der Waals surface area contributed by atoms with Gasteiger partial charge in [0.25, 0.3) is 0 Å². The Morgan fingerprint density at radius 1 is 1.50 bits per heavy atom. The first-order valence-corrected chi connectivity index (χ1v) is 5.18. The fourth-order valence-electron chi connectivity index (χ4n) is 1.20. The number of rotatable bonds is 6. The largest absolute Gasteiger partial charge is 0.478 e. The molecule has 1 aromatic rings. The summed E-state index contributed by atoms with van der Waals surface area (Å²) >= 11 is 0. The number of nitrogens with two attached hydrogens (primary N) is 1. The van der Waals surface area contributed by atoms with Gasteiger partial charge in [0.05, 0.1) is 6.61 Å². The molecular weight excluding hydrogens is 204 g/mol. The normalized spacial score (nSPS) is 10.4. The molecule has 5 nitrogen and oxygen atoms in total. The summed E-state index contributed by atoms with van der Waals surface area (Å²) in [6.45, 7) is 1.60. The standard InChI is InChI=1S/C11H18N4O/c1-15(2)7-4-8-16-10-6-3-5-9(14-10)11(12)13/h3,5-6H,4,7-8H2,1-2H3,(H3,12,13). The van der Waals surface area contributed by atoms with Gasteiger partial charge < -0.3 is 15.4 Å². The van der Waals surface area contributed by atoms with Crippen molar-refractivity contribution in [2.45, 2.75) is 6.42 Å². The average molecular weight is 222 g/mol. The molecule has 0 saturated carbocycles. The smallest absolute Gasteiger partial charge is 0.213 e. The van der Waals surface area contributed by atoms with Crippen LogP contribution < -0.4 is 10.5 Å². The van der Waals surface area contributed by atoms with Crippen LogP contribution in [0.15, 0.2) is 18.2 Å². The van der Waals surface area contributed by atoms with Gasteiger partial charge in [0.2, 0.25) is 5.88 Å². The maximum Gasteiger partial charge on any atom is 0.213 e. The summed E-state index contributed by atoms with van der Waals surface area (Å²) in [5, 5.41) is 7.25. The van der Waals surface area contributed by atoms with Crippen LogP contribution in [0.3, 0.4) is 0 Å². The second kappa shape index (κ2) is 6.07. The zero-order chi connectivity index (χ0) is 12.0. The lowest BCUT2D eigenvalue weighted by Gasteiger charge is -2.10. The van der Waals surface area contributed by atoms with Gasteiger partial charge in [0.1, 0.15) is 11.5 Å². The molecule has 0 aliphatic carbocycles. The van der Waals surface area contributed by atoms with Gasteiger partial charge in [0.15, 0.2) is 0 Å². The van der Waals surface area contributed by atoms with Crippen LogP contribution in [0, 0.1) is 5.41 Å². The molecule has 1 rings (SSSR count). The Morgan fingerprint density at radius 2 is 2.25 bits per heavy atom. The quantitative estimate of drug-likeness (QED) is 0.422. The first-order valence-electron chi connectivity index (χ1n) is 5.18. The molecule has 0 aliphatic heterocycles. The third kappa shape index (κ3) is 4.27. The number of nitrogen functional groups attached to an aromatic ring is 1. The minimum absolute atomic E-state index is 0.0428. The van der Waals surface area contributed by atoms with E-state index in [9.17, 15) is 0 Å². The van der Waals surface area contributed by atoms with Crippen molar-refractivity contribution in [2.24, 2.45) is 5.73 Å². The molecule has 1 heterocycles. The molecule has 0 unspecified atom stereocenters. The number of nitrogens with one attached hydrogen (secondary N) is 1. The lowest BCUT2D eigenvalue weighted by molar-refractivity contribution is 0.273. The van der Waals surface area contributed by atoms with Gasteiger partial charge >= 0.3 is 0 Å². The lowest BCUT2D eigenvalue weighted by Crippen LogP contribution is -2.16. The van der Waals surface area contributed by atoms with Gasteiger partial charge in [-0.3, -0.25) is 5.41 Å². The fraction of sp³-hybridized carbons (Fsp3) is 0.455. The highest BCUT2D eigenvalue weighted by Crippen LogP contribution is 2.07. The highest BCUT2D eigenvalue weighted by atomic mass is 16.5. The Balaban J connectivity index is 2.42. The monoisotopic (exact) mass is 222 g/mol. The van der Waals surface area contributed by atoms with Crippen molar-refractivity contribution in [3.8, 4) is 5.88 Å². The molecule has 16 heavy (non-hydrogen) atoms. The van der Waals surface area contributed by atoms with Crippen LogP contribution in [0.25, 0.3) is 0 Å². The van der Waals surface area contributed by atoms with E-state index >= 15 is 0 Å². The molecule has 0 spiro atoms. The zero-order valence-electron chi connectivity index (χ0n) is 9.73. The van der Waals surface area contributed by atoms with E-state index < -0.39 is 0 Å². The summed E-state index contributed by atoms with van der Waals surface area (Å²) in [6.07, 6.45) is 0.943. The predicted molar refractivity (Wildman–Crippen MR) is 63.9 cm³/mol. The van der Waals surface area contributed by atoms with Crippen LogP contribution in [0.5, 0.6) is 5.88 Å². The number of nitrogens with zero attached hydrogens (tertiary/aromatic N) is 2. The van der Waals surface area contributed by atoms with Crippen molar-refractivity contribution in [2.75, 3.05) is 27.2 Å². The predicted octanol–water partition coefficient (Wildman–Crippen LogP) is 0.696. The number of hydrogen-bond acceptors (Lipinski definition) is 4. The first-order chi connectivity index (χ1) is 7.59. The molecule has 0 saturated heterocycles. The molecule has 0 atom stereocenters. The van der Waals surface area contributed by atoms with Crippen molar-refractivity contribution in [3.63, 3.8) is 0 Å². The second-order valence-electron chi connectivity index (χ2n) is 3.78. The number of amidine groups is 1. The van der Waals surface area contributed by atoms with E-state index in [-0.39, 0.29) is 5.84 Å². The second-order valence-corrected chi connectivity index (χ2v) is 3.78. The minimum atomic E-state index is -0.0428. The summed E-state index contributed by atoms with van der Waals surface area (Å²) in [5.74, 6) is 0.477. The molecule has 0 aliphatic rings. The third-order valence-corrected chi connectivity index (χ3v) is 2.00. The van der Waals surface area contributed by atoms with Crippen molar-refractivity contribution in [3.05, 3.63) is 23.9 Å². The number of aromatic nitrogens is 1. The molecule has 0 amide bonds. The van der Waals surface area contributed by atoms with E-state index in [2.05, 4.69) is 9.88 Å². The molecule has 0 aromatic carbocycles. The Morgan fingerprint density at radius 3 is 2.88 bits per heavy atom. The Bertz CT molecular complexity index is 352. The van der Waals surface area contributed by atoms with Crippen molar-refractivity contribution < 1.29 is 4.74 Å². The number of hydrogen-bond donors (Lipinski definition) is 2. The van der Waals surface area contributed by atoms with Gasteiger partial charge in [0, 0.05) is 12.6 Å². The van der Waals surface area contributed by atoms with Gasteiger partial charge in [-0.1, -0.05) is 6.07 Å². The van der Waals surface area contributed by atoms with Crippen LogP contribution in [0.2, 0.25) is 0 Å². The summed E-state index contributed by atoms with van der Waals surface area (Å²) in [4.78, 5) is 6.20. The van der Waals surface area contributed by atoms with Crippen LogP contribution in [-0.4, -0.2) is 43.0 Å². The zero-order valence-corrected chi connectivity index (χ0v) is 9.73. The Kier molecular flexibility index (Phi) is 4.72. The SMILES string of the molecule is CN(C)CCCOc1cccc(C(=N)N)n1. The molecule has 0 bridgehead atoms. The van der Waals surface area contributed by atoms with Crippen molar-refractivity contribution in [1.82, 2.24) is 9.88 Å². The maximum absolute atomic E-state index is 7.25. The minimum Gasteiger partial charge on any atom is -0.478 e. The van der Waals surface area contributed by atoms with Crippen molar-refractivity contribution in [1.29, 1.82) is 5.41 Å². The van der Waals surface area contributed by atoms with Crippen LogP contribution in [0.4, 0.5) is 0 Å². The lowest BCUT2D eigenvalue weighted by atomic mass is 10.3. The van der Waals surface area contributed by atoms with E-state index in [0.717, 1.165) is 13.0 Å². The maximum atomic E-state index is 7.25. The van der Waals surface area contributed by atoms with Crippen LogP contribution in [-0.2, 0) is 0 Å². The molecule has 0 fully saturated rings. The highest BCUT2D eigenvalue weighted by Gasteiger charge is 2.01. The molecule has 1 aromatic heterocycles. The average Bonchev–Trinajstić information content (AvgIpc) is 2.24. The van der Waals surface area contributed by atoms with Gasteiger partial charge in [-0.2, -0.15) is 0 Å². The molecular formula is C11H18N4O. The Hall–Kier alpha value is -1.62. The summed E-state index contributed by atoms with van der Waals surface area (Å²) in [6, 6.07) is 5.24. The number of pyridine rings is 1. The summed E-state index contributed by atoms with van der Waals surface area (Å²) in [7, 11) is 4.04.